The Kier molecular flexibility index (Phi) is 3.39. The average molecular weight is 259 g/mol. The first-order chi connectivity index (χ1) is 8.88. The van der Waals surface area contributed by atoms with Gasteiger partial charge in [-0.2, -0.15) is 0 Å². The molecule has 1 aliphatic rings. The van der Waals surface area contributed by atoms with E-state index >= 15 is 0 Å². The summed E-state index contributed by atoms with van der Waals surface area (Å²) in [6.45, 7) is 3.21. The van der Waals surface area contributed by atoms with Crippen molar-refractivity contribution in [3.8, 4) is 10.4 Å². The predicted octanol–water partition coefficient (Wildman–Crippen LogP) is 3.27. The van der Waals surface area contributed by atoms with E-state index in [1.807, 2.05) is 23.7 Å². The van der Waals surface area contributed by atoms with Crippen molar-refractivity contribution < 1.29 is 0 Å². The second kappa shape index (κ2) is 5.16. The molecule has 1 unspecified atom stereocenters. The molecule has 3 rings (SSSR count). The minimum absolute atomic E-state index is 0.540. The fourth-order valence-corrected chi connectivity index (χ4v) is 3.40. The summed E-state index contributed by atoms with van der Waals surface area (Å²) < 4.78 is 0. The van der Waals surface area contributed by atoms with E-state index < -0.39 is 0 Å². The molecule has 18 heavy (non-hydrogen) atoms. The van der Waals surface area contributed by atoms with Crippen LogP contribution in [0.3, 0.4) is 0 Å². The molecular weight excluding hydrogens is 242 g/mol. The van der Waals surface area contributed by atoms with Crippen molar-refractivity contribution >= 4 is 11.3 Å². The Balaban J connectivity index is 1.84. The summed E-state index contributed by atoms with van der Waals surface area (Å²) in [5.74, 6) is 0.837. The van der Waals surface area contributed by atoms with Crippen LogP contribution in [-0.4, -0.2) is 16.5 Å². The lowest BCUT2D eigenvalue weighted by Crippen LogP contribution is -2.21. The molecule has 0 amide bonds. The Labute approximate surface area is 111 Å². The topological polar surface area (TPSA) is 37.8 Å². The zero-order valence-electron chi connectivity index (χ0n) is 10.5. The molecule has 1 aliphatic carbocycles. The molecule has 2 heterocycles. The van der Waals surface area contributed by atoms with Crippen LogP contribution >= 0.6 is 11.3 Å². The van der Waals surface area contributed by atoms with Crippen LogP contribution in [-0.2, 0) is 0 Å². The van der Waals surface area contributed by atoms with Gasteiger partial charge in [0.25, 0.3) is 0 Å². The lowest BCUT2D eigenvalue weighted by molar-refractivity contribution is 0.504. The van der Waals surface area contributed by atoms with E-state index in [1.54, 1.807) is 6.33 Å². The maximum Gasteiger partial charge on any atom is 0.115 e. The normalized spacial score (nSPS) is 16.7. The van der Waals surface area contributed by atoms with Gasteiger partial charge in [-0.3, -0.25) is 0 Å². The molecule has 3 nitrogen and oxygen atoms in total. The van der Waals surface area contributed by atoms with Crippen molar-refractivity contribution in [2.45, 2.75) is 25.8 Å². The Bertz CT molecular complexity index is 505. The highest BCUT2D eigenvalue weighted by Gasteiger charge is 2.32. The van der Waals surface area contributed by atoms with Crippen LogP contribution in [0.1, 0.15) is 30.7 Å². The summed E-state index contributed by atoms with van der Waals surface area (Å²) >= 11 is 1.86. The highest BCUT2D eigenvalue weighted by Crippen LogP contribution is 2.44. The van der Waals surface area contributed by atoms with Crippen molar-refractivity contribution in [3.63, 3.8) is 0 Å². The third-order valence-electron chi connectivity index (χ3n) is 3.30. The first-order valence-electron chi connectivity index (χ1n) is 6.47. The molecule has 1 N–H and O–H groups in total. The van der Waals surface area contributed by atoms with Crippen molar-refractivity contribution in [1.82, 2.24) is 15.3 Å². The van der Waals surface area contributed by atoms with Crippen molar-refractivity contribution in [3.05, 3.63) is 35.7 Å². The predicted molar refractivity (Wildman–Crippen MR) is 74.5 cm³/mol. The zero-order chi connectivity index (χ0) is 12.4. The molecule has 0 saturated heterocycles. The summed E-state index contributed by atoms with van der Waals surface area (Å²) in [5.41, 5.74) is 1.11. The molecule has 94 valence electrons. The Hall–Kier alpha value is -1.26. The molecule has 1 atom stereocenters. The van der Waals surface area contributed by atoms with Crippen LogP contribution < -0.4 is 5.32 Å². The molecule has 0 radical (unpaired) electrons. The molecule has 0 spiro atoms. The van der Waals surface area contributed by atoms with E-state index in [0.717, 1.165) is 18.0 Å². The van der Waals surface area contributed by atoms with Gasteiger partial charge < -0.3 is 5.32 Å². The lowest BCUT2D eigenvalue weighted by Gasteiger charge is -2.15. The number of aromatic nitrogens is 2. The van der Waals surface area contributed by atoms with Gasteiger partial charge in [-0.15, -0.1) is 11.3 Å². The van der Waals surface area contributed by atoms with E-state index in [1.165, 1.54) is 22.6 Å². The third kappa shape index (κ3) is 2.44. The van der Waals surface area contributed by atoms with Crippen molar-refractivity contribution in [1.29, 1.82) is 0 Å². The van der Waals surface area contributed by atoms with Crippen LogP contribution in [0.2, 0.25) is 0 Å². The first-order valence-corrected chi connectivity index (χ1v) is 7.28. The monoisotopic (exact) mass is 259 g/mol. The van der Waals surface area contributed by atoms with Gasteiger partial charge in [-0.25, -0.2) is 9.97 Å². The number of nitrogens with zero attached hydrogens (tertiary/aromatic N) is 2. The SMILES string of the molecule is CCNC(c1ccc(-c2cncnc2)s1)C1CC1. The molecule has 0 aliphatic heterocycles. The average Bonchev–Trinajstić information content (AvgIpc) is 3.14. The number of nitrogens with one attached hydrogen (secondary N) is 1. The maximum atomic E-state index is 4.08. The molecule has 4 heteroatoms. The molecule has 0 aromatic carbocycles. The van der Waals surface area contributed by atoms with E-state index in [9.17, 15) is 0 Å². The number of hydrogen-bond acceptors (Lipinski definition) is 4. The van der Waals surface area contributed by atoms with Gasteiger partial charge in [0.15, 0.2) is 0 Å². The number of rotatable bonds is 5. The highest BCUT2D eigenvalue weighted by atomic mass is 32.1. The quantitative estimate of drug-likeness (QED) is 0.895. The summed E-state index contributed by atoms with van der Waals surface area (Å²) in [6, 6.07) is 4.97. The Morgan fingerprint density at radius 2 is 2.11 bits per heavy atom. The van der Waals surface area contributed by atoms with Crippen LogP contribution in [0.25, 0.3) is 10.4 Å². The summed E-state index contributed by atoms with van der Waals surface area (Å²) in [5, 5.41) is 3.60. The zero-order valence-corrected chi connectivity index (χ0v) is 11.3. The summed E-state index contributed by atoms with van der Waals surface area (Å²) in [6.07, 6.45) is 8.05. The van der Waals surface area contributed by atoms with Gasteiger partial charge in [-0.05, 0) is 37.4 Å². The second-order valence-corrected chi connectivity index (χ2v) is 5.82. The van der Waals surface area contributed by atoms with Crippen LogP contribution in [0.4, 0.5) is 0 Å². The fraction of sp³-hybridized carbons (Fsp3) is 0.429. The van der Waals surface area contributed by atoms with E-state index in [4.69, 9.17) is 0 Å². The summed E-state index contributed by atoms with van der Waals surface area (Å²) in [4.78, 5) is 10.9. The van der Waals surface area contributed by atoms with Gasteiger partial charge in [0.1, 0.15) is 6.33 Å². The molecule has 2 aromatic heterocycles. The second-order valence-electron chi connectivity index (χ2n) is 4.70. The standard InChI is InChI=1S/C14H17N3S/c1-2-17-14(10-3-4-10)13-6-5-12(18-13)11-7-15-9-16-8-11/h5-10,14,17H,2-4H2,1H3. The molecule has 2 aromatic rings. The van der Waals surface area contributed by atoms with Gasteiger partial charge in [0, 0.05) is 33.8 Å². The van der Waals surface area contributed by atoms with Crippen LogP contribution in [0.5, 0.6) is 0 Å². The Morgan fingerprint density at radius 1 is 1.33 bits per heavy atom. The van der Waals surface area contributed by atoms with Gasteiger partial charge >= 0.3 is 0 Å². The van der Waals surface area contributed by atoms with Crippen molar-refractivity contribution in [2.24, 2.45) is 5.92 Å². The Morgan fingerprint density at radius 3 is 2.78 bits per heavy atom. The smallest absolute Gasteiger partial charge is 0.115 e. The molecular formula is C14H17N3S. The molecule has 1 fully saturated rings. The molecule has 0 bridgehead atoms. The lowest BCUT2D eigenvalue weighted by atomic mass is 10.1. The van der Waals surface area contributed by atoms with E-state index in [0.29, 0.717) is 6.04 Å². The minimum Gasteiger partial charge on any atom is -0.309 e. The van der Waals surface area contributed by atoms with Gasteiger partial charge in [0.2, 0.25) is 0 Å². The fourth-order valence-electron chi connectivity index (χ4n) is 2.25. The van der Waals surface area contributed by atoms with Crippen LogP contribution in [0, 0.1) is 5.92 Å². The third-order valence-corrected chi connectivity index (χ3v) is 4.51. The van der Waals surface area contributed by atoms with Crippen LogP contribution in [0.15, 0.2) is 30.9 Å². The highest BCUT2D eigenvalue weighted by molar-refractivity contribution is 7.15. The van der Waals surface area contributed by atoms with E-state index in [2.05, 4.69) is 34.3 Å². The molecule has 1 saturated carbocycles. The van der Waals surface area contributed by atoms with E-state index in [-0.39, 0.29) is 0 Å². The number of thiophene rings is 1. The number of hydrogen-bond donors (Lipinski definition) is 1. The minimum atomic E-state index is 0.540. The van der Waals surface area contributed by atoms with Gasteiger partial charge in [-0.1, -0.05) is 6.92 Å². The summed E-state index contributed by atoms with van der Waals surface area (Å²) in [7, 11) is 0. The largest absolute Gasteiger partial charge is 0.309 e. The first kappa shape index (κ1) is 11.8. The van der Waals surface area contributed by atoms with Crippen molar-refractivity contribution in [2.75, 3.05) is 6.54 Å². The maximum absolute atomic E-state index is 4.08. The van der Waals surface area contributed by atoms with Gasteiger partial charge in [0.05, 0.1) is 0 Å².